The van der Waals surface area contributed by atoms with Gasteiger partial charge in [-0.05, 0) is 25.1 Å². The highest BCUT2D eigenvalue weighted by molar-refractivity contribution is 14.0. The molecule has 0 saturated heterocycles. The first-order valence-electron chi connectivity index (χ1n) is 7.24. The van der Waals surface area contributed by atoms with Crippen molar-refractivity contribution in [3.05, 3.63) is 35.3 Å². The lowest BCUT2D eigenvalue weighted by atomic mass is 10.1. The number of hydrogen-bond donors (Lipinski definition) is 2. The van der Waals surface area contributed by atoms with Gasteiger partial charge in [0.05, 0.1) is 13.1 Å². The second-order valence-corrected chi connectivity index (χ2v) is 5.36. The van der Waals surface area contributed by atoms with Gasteiger partial charge >= 0.3 is 0 Å². The van der Waals surface area contributed by atoms with Gasteiger partial charge in [0.15, 0.2) is 5.96 Å². The first-order chi connectivity index (χ1) is 10.9. The second kappa shape index (κ2) is 8.86. The molecule has 2 rings (SSSR count). The maximum absolute atomic E-state index is 13.3. The van der Waals surface area contributed by atoms with Crippen molar-refractivity contribution < 1.29 is 13.6 Å². The Balaban J connectivity index is 0.00000288. The maximum Gasteiger partial charge on any atom is 0.241 e. The smallest absolute Gasteiger partial charge is 0.241 e. The van der Waals surface area contributed by atoms with Gasteiger partial charge in [-0.2, -0.15) is 0 Å². The lowest BCUT2D eigenvalue weighted by Crippen LogP contribution is -2.42. The summed E-state index contributed by atoms with van der Waals surface area (Å²) in [5.74, 6) is 0.850. The molecule has 0 radical (unpaired) electrons. The minimum absolute atomic E-state index is 0. The summed E-state index contributed by atoms with van der Waals surface area (Å²) in [6, 6.07) is 4.44. The van der Waals surface area contributed by atoms with Gasteiger partial charge in [0, 0.05) is 32.1 Å². The Morgan fingerprint density at radius 1 is 1.33 bits per heavy atom. The number of guanidine groups is 1. The summed E-state index contributed by atoms with van der Waals surface area (Å²) < 4.78 is 19.0. The molecule has 0 spiro atoms. The molecule has 8 heteroatoms. The number of rotatable bonds is 4. The van der Waals surface area contributed by atoms with Gasteiger partial charge in [0.2, 0.25) is 5.91 Å². The number of furan rings is 1. The summed E-state index contributed by atoms with van der Waals surface area (Å²) in [5, 5.41) is 6.76. The van der Waals surface area contributed by atoms with Crippen LogP contribution in [0.3, 0.4) is 0 Å². The largest absolute Gasteiger partial charge is 0.459 e. The molecule has 1 heterocycles. The van der Waals surface area contributed by atoms with Crippen molar-refractivity contribution in [3.8, 4) is 0 Å². The third-order valence-electron chi connectivity index (χ3n) is 3.54. The summed E-state index contributed by atoms with van der Waals surface area (Å²) in [7, 11) is 5.00. The fourth-order valence-electron chi connectivity index (χ4n) is 2.11. The number of nitrogens with zero attached hydrogens (tertiary/aromatic N) is 2. The quantitative estimate of drug-likeness (QED) is 0.428. The van der Waals surface area contributed by atoms with Crippen LogP contribution in [0.4, 0.5) is 4.39 Å². The van der Waals surface area contributed by atoms with E-state index >= 15 is 0 Å². The van der Waals surface area contributed by atoms with Gasteiger partial charge in [-0.15, -0.1) is 24.0 Å². The number of aliphatic imine (C=N–C) groups is 1. The van der Waals surface area contributed by atoms with Crippen LogP contribution in [0.2, 0.25) is 0 Å². The minimum atomic E-state index is -0.291. The first kappa shape index (κ1) is 20.2. The van der Waals surface area contributed by atoms with Crippen LogP contribution in [0.1, 0.15) is 11.3 Å². The van der Waals surface area contributed by atoms with Crippen molar-refractivity contribution in [2.45, 2.75) is 13.5 Å². The van der Waals surface area contributed by atoms with Crippen molar-refractivity contribution in [1.29, 1.82) is 0 Å². The van der Waals surface area contributed by atoms with E-state index in [1.807, 2.05) is 6.92 Å². The number of nitrogens with one attached hydrogen (secondary N) is 2. The molecule has 2 N–H and O–H groups in total. The van der Waals surface area contributed by atoms with Gasteiger partial charge in [-0.25, -0.2) is 4.39 Å². The van der Waals surface area contributed by atoms with E-state index in [-0.39, 0.29) is 42.2 Å². The van der Waals surface area contributed by atoms with E-state index in [1.54, 1.807) is 27.2 Å². The molecule has 0 fully saturated rings. The molecule has 6 nitrogen and oxygen atoms in total. The third-order valence-corrected chi connectivity index (χ3v) is 3.54. The minimum Gasteiger partial charge on any atom is -0.459 e. The molecule has 1 amide bonds. The van der Waals surface area contributed by atoms with Crippen LogP contribution in [0.25, 0.3) is 11.0 Å². The molecule has 0 atom stereocenters. The molecule has 0 saturated carbocycles. The Hall–Kier alpha value is -1.84. The van der Waals surface area contributed by atoms with Crippen molar-refractivity contribution in [2.24, 2.45) is 4.99 Å². The predicted molar refractivity (Wildman–Crippen MR) is 103 cm³/mol. The molecule has 0 bridgehead atoms. The number of carbonyl (C=O) groups excluding carboxylic acids is 1. The summed E-state index contributed by atoms with van der Waals surface area (Å²) in [6.07, 6.45) is 0. The number of halogens is 2. The van der Waals surface area contributed by atoms with Gasteiger partial charge in [0.25, 0.3) is 0 Å². The molecule has 0 aliphatic heterocycles. The number of fused-ring (bicyclic) bond motifs is 1. The Morgan fingerprint density at radius 3 is 2.67 bits per heavy atom. The number of carbonyl (C=O) groups is 1. The summed E-state index contributed by atoms with van der Waals surface area (Å²) in [5.41, 5.74) is 1.53. The molecular weight excluding hydrogens is 426 g/mol. The second-order valence-electron chi connectivity index (χ2n) is 5.36. The molecule has 0 unspecified atom stereocenters. The SMILES string of the molecule is CN=C(NCC(=O)N(C)C)NCc1oc2ccc(F)cc2c1C.I. The van der Waals surface area contributed by atoms with Crippen LogP contribution in [0.5, 0.6) is 0 Å². The Labute approximate surface area is 157 Å². The normalized spacial score (nSPS) is 11.1. The molecule has 0 aliphatic rings. The molecular formula is C16H22FIN4O2. The highest BCUT2D eigenvalue weighted by Gasteiger charge is 2.12. The molecule has 2 aromatic rings. The van der Waals surface area contributed by atoms with E-state index in [1.165, 1.54) is 17.0 Å². The zero-order chi connectivity index (χ0) is 17.0. The molecule has 0 aliphatic carbocycles. The van der Waals surface area contributed by atoms with Crippen molar-refractivity contribution in [2.75, 3.05) is 27.7 Å². The summed E-state index contributed by atoms with van der Waals surface area (Å²) in [6.45, 7) is 2.42. The zero-order valence-corrected chi connectivity index (χ0v) is 16.5. The molecule has 132 valence electrons. The first-order valence-corrected chi connectivity index (χ1v) is 7.24. The number of amides is 1. The highest BCUT2D eigenvalue weighted by atomic mass is 127. The van der Waals surface area contributed by atoms with Crippen LogP contribution in [-0.2, 0) is 11.3 Å². The van der Waals surface area contributed by atoms with E-state index in [4.69, 9.17) is 4.42 Å². The van der Waals surface area contributed by atoms with Gasteiger partial charge in [0.1, 0.15) is 17.2 Å². The van der Waals surface area contributed by atoms with Crippen LogP contribution < -0.4 is 10.6 Å². The average molecular weight is 448 g/mol. The lowest BCUT2D eigenvalue weighted by molar-refractivity contribution is -0.127. The van der Waals surface area contributed by atoms with E-state index < -0.39 is 0 Å². The van der Waals surface area contributed by atoms with E-state index in [0.717, 1.165) is 10.9 Å². The van der Waals surface area contributed by atoms with Crippen molar-refractivity contribution in [3.63, 3.8) is 0 Å². The molecule has 1 aromatic heterocycles. The molecule has 24 heavy (non-hydrogen) atoms. The number of benzene rings is 1. The average Bonchev–Trinajstić information content (AvgIpc) is 2.83. The maximum atomic E-state index is 13.3. The number of aryl methyl sites for hydroxylation is 1. The Kier molecular flexibility index (Phi) is 7.46. The van der Waals surface area contributed by atoms with E-state index in [0.29, 0.717) is 23.8 Å². The summed E-state index contributed by atoms with van der Waals surface area (Å²) >= 11 is 0. The van der Waals surface area contributed by atoms with Crippen LogP contribution in [0, 0.1) is 12.7 Å². The Bertz CT molecular complexity index is 743. The highest BCUT2D eigenvalue weighted by Crippen LogP contribution is 2.25. The molecule has 1 aromatic carbocycles. The number of hydrogen-bond acceptors (Lipinski definition) is 3. The van der Waals surface area contributed by atoms with Gasteiger partial charge in [-0.3, -0.25) is 9.79 Å². The predicted octanol–water partition coefficient (Wildman–Crippen LogP) is 2.25. The van der Waals surface area contributed by atoms with Gasteiger partial charge < -0.3 is 20.0 Å². The van der Waals surface area contributed by atoms with Crippen LogP contribution >= 0.6 is 24.0 Å². The lowest BCUT2D eigenvalue weighted by Gasteiger charge is -2.14. The van der Waals surface area contributed by atoms with Crippen LogP contribution in [-0.4, -0.2) is 44.5 Å². The standard InChI is InChI=1S/C16H21FN4O2.HI/c1-10-12-7-11(17)5-6-13(12)23-14(10)8-19-16(18-2)20-9-15(22)21(3)4;/h5-7H,8-9H2,1-4H3,(H2,18,19,20);1H. The summed E-state index contributed by atoms with van der Waals surface area (Å²) in [4.78, 5) is 17.1. The van der Waals surface area contributed by atoms with Gasteiger partial charge in [-0.1, -0.05) is 0 Å². The monoisotopic (exact) mass is 448 g/mol. The fraction of sp³-hybridized carbons (Fsp3) is 0.375. The zero-order valence-electron chi connectivity index (χ0n) is 14.1. The fourth-order valence-corrected chi connectivity index (χ4v) is 2.11. The topological polar surface area (TPSA) is 69.9 Å². The van der Waals surface area contributed by atoms with E-state index in [9.17, 15) is 9.18 Å². The van der Waals surface area contributed by atoms with Crippen molar-refractivity contribution in [1.82, 2.24) is 15.5 Å². The Morgan fingerprint density at radius 2 is 2.04 bits per heavy atom. The van der Waals surface area contributed by atoms with Crippen molar-refractivity contribution >= 4 is 46.8 Å². The van der Waals surface area contributed by atoms with Crippen LogP contribution in [0.15, 0.2) is 27.6 Å². The third kappa shape index (κ3) is 4.83. The number of likely N-dealkylation sites (N-methyl/N-ethyl adjacent to an activating group) is 1. The van der Waals surface area contributed by atoms with E-state index in [2.05, 4.69) is 15.6 Å².